The van der Waals surface area contributed by atoms with E-state index in [2.05, 4.69) is 109 Å². The maximum absolute atomic E-state index is 5.03. The number of hydrogen-bond donors (Lipinski definition) is 0. The van der Waals surface area contributed by atoms with Crippen LogP contribution in [0.25, 0.3) is 49.7 Å². The van der Waals surface area contributed by atoms with Crippen LogP contribution in [0.5, 0.6) is 0 Å². The lowest BCUT2D eigenvalue weighted by molar-refractivity contribution is 1.27. The lowest BCUT2D eigenvalue weighted by Crippen LogP contribution is -1.92. The molecule has 0 radical (unpaired) electrons. The van der Waals surface area contributed by atoms with Crippen LogP contribution in [-0.4, -0.2) is 9.38 Å². The third-order valence-electron chi connectivity index (χ3n) is 6.26. The number of nitrogens with zero attached hydrogens (tertiary/aromatic N) is 2. The SMILES string of the molecule is Cc1cccc(C)c1-c1ccc2c(c1)c1ccccc1c1nc(-c3ccccc3)cn21. The van der Waals surface area contributed by atoms with E-state index < -0.39 is 0 Å². The molecule has 2 heterocycles. The molecule has 6 aromatic rings. The van der Waals surface area contributed by atoms with Crippen molar-refractivity contribution in [1.82, 2.24) is 9.38 Å². The van der Waals surface area contributed by atoms with E-state index >= 15 is 0 Å². The second kappa shape index (κ2) is 6.82. The van der Waals surface area contributed by atoms with E-state index in [1.165, 1.54) is 43.9 Å². The molecule has 0 N–H and O–H groups in total. The Morgan fingerprint density at radius 1 is 0.613 bits per heavy atom. The van der Waals surface area contributed by atoms with E-state index in [0.29, 0.717) is 0 Å². The van der Waals surface area contributed by atoms with Crippen LogP contribution < -0.4 is 0 Å². The molecule has 0 bridgehead atoms. The second-order valence-corrected chi connectivity index (χ2v) is 8.23. The average Bonchev–Trinajstić information content (AvgIpc) is 3.26. The maximum atomic E-state index is 5.03. The number of fused-ring (bicyclic) bond motifs is 6. The van der Waals surface area contributed by atoms with Gasteiger partial charge in [-0.15, -0.1) is 0 Å². The van der Waals surface area contributed by atoms with Crippen LogP contribution in [0.15, 0.2) is 97.2 Å². The Morgan fingerprint density at radius 2 is 1.32 bits per heavy atom. The summed E-state index contributed by atoms with van der Waals surface area (Å²) in [6.07, 6.45) is 2.16. The first-order valence-corrected chi connectivity index (χ1v) is 10.7. The highest BCUT2D eigenvalue weighted by atomic mass is 15.0. The Kier molecular flexibility index (Phi) is 3.94. The summed E-state index contributed by atoms with van der Waals surface area (Å²) < 4.78 is 2.24. The third kappa shape index (κ3) is 2.76. The molecule has 4 aromatic carbocycles. The largest absolute Gasteiger partial charge is 0.298 e. The van der Waals surface area contributed by atoms with Crippen LogP contribution in [0.4, 0.5) is 0 Å². The van der Waals surface area contributed by atoms with Crippen molar-refractivity contribution < 1.29 is 0 Å². The lowest BCUT2D eigenvalue weighted by Gasteiger charge is -2.13. The molecule has 0 saturated carbocycles. The van der Waals surface area contributed by atoms with E-state index in [0.717, 1.165) is 16.9 Å². The monoisotopic (exact) mass is 398 g/mol. The van der Waals surface area contributed by atoms with Gasteiger partial charge in [-0.25, -0.2) is 4.98 Å². The molecule has 148 valence electrons. The summed E-state index contributed by atoms with van der Waals surface area (Å²) in [5.41, 5.74) is 9.51. The van der Waals surface area contributed by atoms with Gasteiger partial charge in [-0.1, -0.05) is 78.9 Å². The van der Waals surface area contributed by atoms with Gasteiger partial charge in [-0.3, -0.25) is 4.40 Å². The molecule has 0 aliphatic carbocycles. The van der Waals surface area contributed by atoms with Gasteiger partial charge in [-0.05, 0) is 53.6 Å². The van der Waals surface area contributed by atoms with Gasteiger partial charge in [0, 0.05) is 22.5 Å². The fourth-order valence-corrected chi connectivity index (χ4v) is 4.80. The number of aryl methyl sites for hydroxylation is 2. The van der Waals surface area contributed by atoms with Gasteiger partial charge >= 0.3 is 0 Å². The molecule has 0 saturated heterocycles. The van der Waals surface area contributed by atoms with Crippen molar-refractivity contribution in [2.45, 2.75) is 13.8 Å². The predicted molar refractivity (Wildman–Crippen MR) is 131 cm³/mol. The molecule has 0 spiro atoms. The lowest BCUT2D eigenvalue weighted by atomic mass is 9.94. The highest BCUT2D eigenvalue weighted by Gasteiger charge is 2.14. The molecule has 0 aliphatic rings. The highest BCUT2D eigenvalue weighted by Crippen LogP contribution is 2.35. The molecule has 2 aromatic heterocycles. The van der Waals surface area contributed by atoms with Gasteiger partial charge in [0.15, 0.2) is 0 Å². The first-order chi connectivity index (χ1) is 15.2. The smallest absolute Gasteiger partial charge is 0.145 e. The van der Waals surface area contributed by atoms with Gasteiger partial charge in [0.1, 0.15) is 5.65 Å². The number of pyridine rings is 1. The zero-order valence-electron chi connectivity index (χ0n) is 17.6. The summed E-state index contributed by atoms with van der Waals surface area (Å²) in [5, 5.41) is 3.67. The molecule has 6 rings (SSSR count). The van der Waals surface area contributed by atoms with Gasteiger partial charge in [0.25, 0.3) is 0 Å². The summed E-state index contributed by atoms with van der Waals surface area (Å²) in [4.78, 5) is 5.03. The maximum Gasteiger partial charge on any atom is 0.145 e. The van der Waals surface area contributed by atoms with Crippen molar-refractivity contribution in [3.8, 4) is 22.4 Å². The number of benzene rings is 4. The van der Waals surface area contributed by atoms with E-state index in [9.17, 15) is 0 Å². The minimum Gasteiger partial charge on any atom is -0.298 e. The molecule has 0 fully saturated rings. The van der Waals surface area contributed by atoms with Gasteiger partial charge in [-0.2, -0.15) is 0 Å². The Labute approximate surface area is 181 Å². The standard InChI is InChI=1S/C29H22N2/c1-19-9-8-10-20(2)28(19)22-15-16-27-25(17-22)23-13-6-7-14-24(23)29-30-26(18-31(27)29)21-11-4-3-5-12-21/h3-18H,1-2H3. The van der Waals surface area contributed by atoms with E-state index in [-0.39, 0.29) is 0 Å². The van der Waals surface area contributed by atoms with E-state index in [4.69, 9.17) is 4.98 Å². The third-order valence-corrected chi connectivity index (χ3v) is 6.26. The Bertz CT molecular complexity index is 1570. The Morgan fingerprint density at radius 3 is 2.10 bits per heavy atom. The minimum absolute atomic E-state index is 0.997. The van der Waals surface area contributed by atoms with Crippen molar-refractivity contribution in [2.24, 2.45) is 0 Å². The van der Waals surface area contributed by atoms with Crippen LogP contribution in [0.2, 0.25) is 0 Å². The normalized spacial score (nSPS) is 11.5. The van der Waals surface area contributed by atoms with Crippen LogP contribution in [-0.2, 0) is 0 Å². The zero-order chi connectivity index (χ0) is 20.9. The molecule has 2 nitrogen and oxygen atoms in total. The summed E-state index contributed by atoms with van der Waals surface area (Å²) in [6, 6.07) is 32.3. The first-order valence-electron chi connectivity index (χ1n) is 10.7. The number of hydrogen-bond acceptors (Lipinski definition) is 1. The van der Waals surface area contributed by atoms with Gasteiger partial charge in [0.2, 0.25) is 0 Å². The van der Waals surface area contributed by atoms with Crippen molar-refractivity contribution in [3.63, 3.8) is 0 Å². The predicted octanol–water partition coefficient (Wildman–Crippen LogP) is 7.59. The second-order valence-electron chi connectivity index (χ2n) is 8.23. The van der Waals surface area contributed by atoms with Crippen LogP contribution in [0, 0.1) is 13.8 Å². The van der Waals surface area contributed by atoms with Crippen molar-refractivity contribution in [3.05, 3.63) is 108 Å². The van der Waals surface area contributed by atoms with Gasteiger partial charge < -0.3 is 0 Å². The fraction of sp³-hybridized carbons (Fsp3) is 0.0690. The van der Waals surface area contributed by atoms with Gasteiger partial charge in [0.05, 0.1) is 11.2 Å². The number of aromatic nitrogens is 2. The molecular formula is C29H22N2. The first kappa shape index (κ1) is 17.9. The molecule has 0 atom stereocenters. The minimum atomic E-state index is 0.997. The average molecular weight is 399 g/mol. The Hall–Kier alpha value is -3.91. The van der Waals surface area contributed by atoms with Crippen molar-refractivity contribution in [2.75, 3.05) is 0 Å². The Balaban J connectivity index is 1.71. The molecule has 31 heavy (non-hydrogen) atoms. The fourth-order valence-electron chi connectivity index (χ4n) is 4.80. The topological polar surface area (TPSA) is 17.3 Å². The zero-order valence-corrected chi connectivity index (χ0v) is 17.6. The number of rotatable bonds is 2. The van der Waals surface area contributed by atoms with E-state index in [1.54, 1.807) is 0 Å². The summed E-state index contributed by atoms with van der Waals surface area (Å²) in [6.45, 7) is 4.38. The highest BCUT2D eigenvalue weighted by molar-refractivity contribution is 6.13. The molecule has 0 unspecified atom stereocenters. The summed E-state index contributed by atoms with van der Waals surface area (Å²) in [7, 11) is 0. The van der Waals surface area contributed by atoms with Crippen LogP contribution >= 0.6 is 0 Å². The van der Waals surface area contributed by atoms with Crippen LogP contribution in [0.1, 0.15) is 11.1 Å². The molecule has 0 amide bonds. The van der Waals surface area contributed by atoms with Crippen molar-refractivity contribution in [1.29, 1.82) is 0 Å². The molecular weight excluding hydrogens is 376 g/mol. The van der Waals surface area contributed by atoms with Crippen molar-refractivity contribution >= 4 is 27.3 Å². The summed E-state index contributed by atoms with van der Waals surface area (Å²) >= 11 is 0. The quantitative estimate of drug-likeness (QED) is 0.275. The summed E-state index contributed by atoms with van der Waals surface area (Å²) in [5.74, 6) is 0. The number of imidazole rings is 1. The molecule has 2 heteroatoms. The van der Waals surface area contributed by atoms with Crippen LogP contribution in [0.3, 0.4) is 0 Å². The van der Waals surface area contributed by atoms with E-state index in [1.807, 2.05) is 6.07 Å². The molecule has 0 aliphatic heterocycles.